The van der Waals surface area contributed by atoms with Crippen LogP contribution in [0.25, 0.3) is 0 Å². The number of rotatable bonds is 3. The van der Waals surface area contributed by atoms with Crippen LogP contribution in [0.15, 0.2) is 18.2 Å². The molecule has 0 amide bonds. The minimum atomic E-state index is -0.491. The molecule has 2 nitrogen and oxygen atoms in total. The summed E-state index contributed by atoms with van der Waals surface area (Å²) in [4.78, 5) is 11.9. The summed E-state index contributed by atoms with van der Waals surface area (Å²) in [6, 6.07) is 6.12. The standard InChI is InChI=1S/C13H17NO/c1-9-4-3-5-10(2)11(9)8-12(15)13(14)6-7-13/h3-5H,6-8,14H2,1-2H3. The van der Waals surface area contributed by atoms with Crippen LogP contribution in [0, 0.1) is 13.8 Å². The molecule has 2 rings (SSSR count). The van der Waals surface area contributed by atoms with Gasteiger partial charge in [0.25, 0.3) is 0 Å². The number of ketones is 1. The van der Waals surface area contributed by atoms with Gasteiger partial charge in [-0.05, 0) is 43.4 Å². The van der Waals surface area contributed by atoms with E-state index in [0.717, 1.165) is 18.4 Å². The van der Waals surface area contributed by atoms with Gasteiger partial charge in [-0.3, -0.25) is 4.79 Å². The molecule has 15 heavy (non-hydrogen) atoms. The van der Waals surface area contributed by atoms with Gasteiger partial charge in [-0.1, -0.05) is 18.2 Å². The van der Waals surface area contributed by atoms with E-state index in [1.165, 1.54) is 11.1 Å². The molecule has 1 aliphatic rings. The van der Waals surface area contributed by atoms with Crippen LogP contribution in [-0.4, -0.2) is 11.3 Å². The molecule has 2 N–H and O–H groups in total. The summed E-state index contributed by atoms with van der Waals surface area (Å²) in [7, 11) is 0. The van der Waals surface area contributed by atoms with E-state index in [1.807, 2.05) is 32.0 Å². The molecule has 0 bridgehead atoms. The van der Waals surface area contributed by atoms with Crippen LogP contribution in [0.2, 0.25) is 0 Å². The average molecular weight is 203 g/mol. The van der Waals surface area contributed by atoms with Crippen molar-refractivity contribution in [3.63, 3.8) is 0 Å². The highest BCUT2D eigenvalue weighted by molar-refractivity contribution is 5.93. The van der Waals surface area contributed by atoms with Gasteiger partial charge in [0, 0.05) is 6.42 Å². The molecule has 80 valence electrons. The zero-order chi connectivity index (χ0) is 11.1. The predicted molar refractivity (Wildman–Crippen MR) is 60.8 cm³/mol. The Labute approximate surface area is 90.5 Å². The predicted octanol–water partition coefficient (Wildman–Crippen LogP) is 1.91. The maximum absolute atomic E-state index is 11.9. The van der Waals surface area contributed by atoms with Crippen LogP contribution in [0.1, 0.15) is 29.5 Å². The van der Waals surface area contributed by atoms with Crippen LogP contribution < -0.4 is 5.73 Å². The van der Waals surface area contributed by atoms with Gasteiger partial charge in [0.05, 0.1) is 5.54 Å². The highest BCUT2D eigenvalue weighted by Gasteiger charge is 2.45. The lowest BCUT2D eigenvalue weighted by atomic mass is 9.95. The maximum atomic E-state index is 11.9. The van der Waals surface area contributed by atoms with E-state index in [9.17, 15) is 4.79 Å². The first-order valence-corrected chi connectivity index (χ1v) is 5.40. The van der Waals surface area contributed by atoms with Gasteiger partial charge in [-0.25, -0.2) is 0 Å². The molecule has 1 fully saturated rings. The second-order valence-electron chi connectivity index (χ2n) is 4.63. The summed E-state index contributed by atoms with van der Waals surface area (Å²) >= 11 is 0. The molecule has 0 atom stereocenters. The van der Waals surface area contributed by atoms with Crippen LogP contribution in [0.3, 0.4) is 0 Å². The summed E-state index contributed by atoms with van der Waals surface area (Å²) in [6.07, 6.45) is 2.21. The van der Waals surface area contributed by atoms with Crippen molar-refractivity contribution < 1.29 is 4.79 Å². The molecule has 0 radical (unpaired) electrons. The van der Waals surface area contributed by atoms with Crippen molar-refractivity contribution >= 4 is 5.78 Å². The van der Waals surface area contributed by atoms with E-state index in [-0.39, 0.29) is 5.78 Å². The third-order valence-corrected chi connectivity index (χ3v) is 3.33. The highest BCUT2D eigenvalue weighted by atomic mass is 16.1. The zero-order valence-corrected chi connectivity index (χ0v) is 9.34. The Kier molecular flexibility index (Phi) is 2.39. The molecular formula is C13H17NO. The van der Waals surface area contributed by atoms with Gasteiger partial charge in [-0.2, -0.15) is 0 Å². The second-order valence-corrected chi connectivity index (χ2v) is 4.63. The molecule has 1 aromatic carbocycles. The number of nitrogens with two attached hydrogens (primary N) is 1. The average Bonchev–Trinajstić information content (AvgIpc) is 2.91. The fraction of sp³-hybridized carbons (Fsp3) is 0.462. The summed E-state index contributed by atoms with van der Waals surface area (Å²) in [5.74, 6) is 0.194. The number of carbonyl (C=O) groups excluding carboxylic acids is 1. The second kappa shape index (κ2) is 3.46. The first-order valence-electron chi connectivity index (χ1n) is 5.40. The first-order chi connectivity index (χ1) is 7.03. The van der Waals surface area contributed by atoms with Crippen molar-refractivity contribution in [1.29, 1.82) is 0 Å². The van der Waals surface area contributed by atoms with Crippen LogP contribution in [0.5, 0.6) is 0 Å². The number of aryl methyl sites for hydroxylation is 2. The number of carbonyl (C=O) groups is 1. The Balaban J connectivity index is 2.20. The molecule has 0 unspecified atom stereocenters. The lowest BCUT2D eigenvalue weighted by Crippen LogP contribution is -2.34. The molecule has 0 saturated heterocycles. The van der Waals surface area contributed by atoms with E-state index in [4.69, 9.17) is 5.73 Å². The molecule has 0 aromatic heterocycles. The van der Waals surface area contributed by atoms with Crippen molar-refractivity contribution in [1.82, 2.24) is 0 Å². The van der Waals surface area contributed by atoms with Crippen LogP contribution in [-0.2, 0) is 11.2 Å². The maximum Gasteiger partial charge on any atom is 0.157 e. The number of hydrogen-bond donors (Lipinski definition) is 1. The minimum Gasteiger partial charge on any atom is -0.319 e. The summed E-state index contributed by atoms with van der Waals surface area (Å²) in [6.45, 7) is 4.09. The van der Waals surface area contributed by atoms with Gasteiger partial charge in [-0.15, -0.1) is 0 Å². The minimum absolute atomic E-state index is 0.194. The highest BCUT2D eigenvalue weighted by Crippen LogP contribution is 2.34. The zero-order valence-electron chi connectivity index (χ0n) is 9.34. The quantitative estimate of drug-likeness (QED) is 0.815. The van der Waals surface area contributed by atoms with Gasteiger partial charge < -0.3 is 5.73 Å². The van der Waals surface area contributed by atoms with Crippen LogP contribution >= 0.6 is 0 Å². The van der Waals surface area contributed by atoms with E-state index >= 15 is 0 Å². The Morgan fingerprint density at radius 2 is 1.87 bits per heavy atom. The largest absolute Gasteiger partial charge is 0.319 e. The Morgan fingerprint density at radius 1 is 1.33 bits per heavy atom. The molecule has 1 saturated carbocycles. The molecule has 2 heteroatoms. The number of Topliss-reactive ketones (excluding diaryl/α,β-unsaturated/α-hetero) is 1. The lowest BCUT2D eigenvalue weighted by molar-refractivity contribution is -0.120. The van der Waals surface area contributed by atoms with Gasteiger partial charge >= 0.3 is 0 Å². The molecule has 0 spiro atoms. The summed E-state index contributed by atoms with van der Waals surface area (Å²) < 4.78 is 0. The monoisotopic (exact) mass is 203 g/mol. The first kappa shape index (κ1) is 10.4. The Morgan fingerprint density at radius 3 is 2.33 bits per heavy atom. The van der Waals surface area contributed by atoms with E-state index in [2.05, 4.69) is 0 Å². The third kappa shape index (κ3) is 1.95. The smallest absolute Gasteiger partial charge is 0.157 e. The van der Waals surface area contributed by atoms with Gasteiger partial charge in [0.15, 0.2) is 5.78 Å². The normalized spacial score (nSPS) is 17.5. The van der Waals surface area contributed by atoms with Crippen LogP contribution in [0.4, 0.5) is 0 Å². The Bertz CT molecular complexity index is 385. The van der Waals surface area contributed by atoms with Gasteiger partial charge in [0.2, 0.25) is 0 Å². The summed E-state index contributed by atoms with van der Waals surface area (Å²) in [5, 5.41) is 0. The van der Waals surface area contributed by atoms with E-state index in [1.54, 1.807) is 0 Å². The topological polar surface area (TPSA) is 43.1 Å². The molecule has 0 aliphatic heterocycles. The van der Waals surface area contributed by atoms with Crippen molar-refractivity contribution in [3.05, 3.63) is 34.9 Å². The van der Waals surface area contributed by atoms with Crippen molar-refractivity contribution in [2.24, 2.45) is 5.73 Å². The van der Waals surface area contributed by atoms with E-state index < -0.39 is 5.54 Å². The fourth-order valence-electron chi connectivity index (χ4n) is 1.88. The molecule has 1 aromatic rings. The SMILES string of the molecule is Cc1cccc(C)c1CC(=O)C1(N)CC1. The van der Waals surface area contributed by atoms with Gasteiger partial charge in [0.1, 0.15) is 0 Å². The molecular weight excluding hydrogens is 186 g/mol. The lowest BCUT2D eigenvalue weighted by Gasteiger charge is -2.11. The van der Waals surface area contributed by atoms with Crippen molar-refractivity contribution in [2.45, 2.75) is 38.6 Å². The number of benzene rings is 1. The third-order valence-electron chi connectivity index (χ3n) is 3.33. The van der Waals surface area contributed by atoms with Crippen molar-refractivity contribution in [3.8, 4) is 0 Å². The van der Waals surface area contributed by atoms with Crippen molar-refractivity contribution in [2.75, 3.05) is 0 Å². The number of hydrogen-bond acceptors (Lipinski definition) is 2. The van der Waals surface area contributed by atoms with E-state index in [0.29, 0.717) is 6.42 Å². The summed E-state index contributed by atoms with van der Waals surface area (Å²) in [5.41, 5.74) is 8.92. The molecule has 1 aliphatic carbocycles. The Hall–Kier alpha value is -1.15. The fourth-order valence-corrected chi connectivity index (χ4v) is 1.88. The molecule has 0 heterocycles.